The third-order valence-electron chi connectivity index (χ3n) is 2.00. The van der Waals surface area contributed by atoms with Gasteiger partial charge in [-0.3, -0.25) is 9.59 Å². The van der Waals surface area contributed by atoms with Crippen molar-refractivity contribution in [3.8, 4) is 0 Å². The summed E-state index contributed by atoms with van der Waals surface area (Å²) in [4.78, 5) is 30.6. The first-order valence-corrected chi connectivity index (χ1v) is 5.20. The summed E-state index contributed by atoms with van der Waals surface area (Å²) in [6.07, 6.45) is 2.54. The molecule has 2 amide bonds. The Hall–Kier alpha value is -2.18. The van der Waals surface area contributed by atoms with Crippen molar-refractivity contribution in [1.82, 2.24) is 20.6 Å². The highest BCUT2D eigenvalue weighted by molar-refractivity contribution is 5.95. The number of nitrogens with one attached hydrogen (secondary N) is 2. The number of nitrogens with two attached hydrogens (primary N) is 1. The summed E-state index contributed by atoms with van der Waals surface area (Å²) in [6.45, 7) is 3.91. The smallest absolute Gasteiger partial charge is 0.272 e. The van der Waals surface area contributed by atoms with Gasteiger partial charge in [-0.1, -0.05) is 0 Å². The minimum Gasteiger partial charge on any atom is -0.382 e. The molecule has 1 unspecified atom stereocenters. The van der Waals surface area contributed by atoms with Crippen molar-refractivity contribution >= 4 is 17.6 Å². The van der Waals surface area contributed by atoms with Gasteiger partial charge in [-0.25, -0.2) is 9.97 Å². The molecule has 1 aromatic heterocycles. The van der Waals surface area contributed by atoms with E-state index in [0.717, 1.165) is 0 Å². The van der Waals surface area contributed by atoms with E-state index in [-0.39, 0.29) is 17.4 Å². The Morgan fingerprint density at radius 3 is 2.65 bits per heavy atom. The predicted molar refractivity (Wildman–Crippen MR) is 62.1 cm³/mol. The van der Waals surface area contributed by atoms with Crippen LogP contribution in [0.2, 0.25) is 0 Å². The minimum atomic E-state index is -0.623. The second kappa shape index (κ2) is 5.78. The summed E-state index contributed by atoms with van der Waals surface area (Å²) in [5, 5.41) is 5.11. The molecule has 0 aliphatic rings. The number of hydrogen-bond acceptors (Lipinski definition) is 5. The van der Waals surface area contributed by atoms with Crippen molar-refractivity contribution < 1.29 is 9.59 Å². The fourth-order valence-electron chi connectivity index (χ4n) is 1.12. The number of anilines is 1. The van der Waals surface area contributed by atoms with E-state index >= 15 is 0 Å². The van der Waals surface area contributed by atoms with Gasteiger partial charge in [0.05, 0.1) is 12.4 Å². The average molecular weight is 237 g/mol. The second-order valence-electron chi connectivity index (χ2n) is 3.42. The first kappa shape index (κ1) is 12.9. The Kier molecular flexibility index (Phi) is 4.38. The Balaban J connectivity index is 2.60. The van der Waals surface area contributed by atoms with Gasteiger partial charge in [-0.05, 0) is 13.8 Å². The Labute approximate surface area is 98.8 Å². The van der Waals surface area contributed by atoms with Gasteiger partial charge < -0.3 is 16.4 Å². The van der Waals surface area contributed by atoms with Crippen molar-refractivity contribution in [2.24, 2.45) is 0 Å². The quantitative estimate of drug-likeness (QED) is 0.642. The lowest BCUT2D eigenvalue weighted by Gasteiger charge is -2.12. The molecular weight excluding hydrogens is 222 g/mol. The number of carbonyl (C=O) groups excluding carboxylic acids is 2. The molecule has 1 heterocycles. The Morgan fingerprint density at radius 2 is 2.12 bits per heavy atom. The molecule has 0 saturated heterocycles. The lowest BCUT2D eigenvalue weighted by atomic mass is 10.3. The average Bonchev–Trinajstić information content (AvgIpc) is 2.30. The highest BCUT2D eigenvalue weighted by Crippen LogP contribution is 1.96. The number of rotatable bonds is 4. The number of aromatic nitrogens is 2. The standard InChI is InChI=1S/C10H15N5O2/c1-3-12-9(16)6(2)15-10(17)7-4-14-8(11)5-13-7/h4-6H,3H2,1-2H3,(H2,11,14)(H,12,16)(H,15,17). The summed E-state index contributed by atoms with van der Waals surface area (Å²) in [5.41, 5.74) is 5.47. The third kappa shape index (κ3) is 3.71. The number of nitrogens with zero attached hydrogens (tertiary/aromatic N) is 2. The lowest BCUT2D eigenvalue weighted by Crippen LogP contribution is -2.44. The van der Waals surface area contributed by atoms with Gasteiger partial charge in [0.1, 0.15) is 17.6 Å². The Bertz CT molecular complexity index is 404. The summed E-state index contributed by atoms with van der Waals surface area (Å²) < 4.78 is 0. The van der Waals surface area contributed by atoms with Crippen LogP contribution in [-0.4, -0.2) is 34.4 Å². The third-order valence-corrected chi connectivity index (χ3v) is 2.00. The minimum absolute atomic E-state index is 0.121. The monoisotopic (exact) mass is 237 g/mol. The molecule has 0 fully saturated rings. The van der Waals surface area contributed by atoms with Crippen molar-refractivity contribution in [2.45, 2.75) is 19.9 Å². The van der Waals surface area contributed by atoms with Crippen LogP contribution < -0.4 is 16.4 Å². The van der Waals surface area contributed by atoms with E-state index in [9.17, 15) is 9.59 Å². The molecule has 0 aromatic carbocycles. The van der Waals surface area contributed by atoms with E-state index in [1.54, 1.807) is 13.8 Å². The van der Waals surface area contributed by atoms with E-state index in [0.29, 0.717) is 6.54 Å². The fraction of sp³-hybridized carbons (Fsp3) is 0.400. The first-order valence-electron chi connectivity index (χ1n) is 5.20. The zero-order valence-electron chi connectivity index (χ0n) is 9.73. The van der Waals surface area contributed by atoms with Gasteiger partial charge in [0.15, 0.2) is 0 Å². The normalized spacial score (nSPS) is 11.6. The molecule has 0 aliphatic carbocycles. The molecule has 1 atom stereocenters. The van der Waals surface area contributed by atoms with Gasteiger partial charge in [0.25, 0.3) is 5.91 Å². The number of amides is 2. The maximum absolute atomic E-state index is 11.6. The van der Waals surface area contributed by atoms with Crippen molar-refractivity contribution in [2.75, 3.05) is 12.3 Å². The highest BCUT2D eigenvalue weighted by atomic mass is 16.2. The van der Waals surface area contributed by atoms with Crippen LogP contribution in [0.3, 0.4) is 0 Å². The van der Waals surface area contributed by atoms with Crippen LogP contribution in [0.5, 0.6) is 0 Å². The molecule has 0 aliphatic heterocycles. The topological polar surface area (TPSA) is 110 Å². The van der Waals surface area contributed by atoms with E-state index in [1.165, 1.54) is 12.4 Å². The molecule has 7 heteroatoms. The van der Waals surface area contributed by atoms with Crippen LogP contribution in [0, 0.1) is 0 Å². The van der Waals surface area contributed by atoms with Crippen molar-refractivity contribution in [3.63, 3.8) is 0 Å². The SMILES string of the molecule is CCNC(=O)C(C)NC(=O)c1cnc(N)cn1. The molecule has 4 N–H and O–H groups in total. The predicted octanol–water partition coefficient (Wildman–Crippen LogP) is -0.687. The maximum Gasteiger partial charge on any atom is 0.272 e. The van der Waals surface area contributed by atoms with E-state index in [2.05, 4.69) is 20.6 Å². The molecule has 1 aromatic rings. The van der Waals surface area contributed by atoms with Gasteiger partial charge in [0.2, 0.25) is 5.91 Å². The van der Waals surface area contributed by atoms with Gasteiger partial charge >= 0.3 is 0 Å². The van der Waals surface area contributed by atoms with Crippen LogP contribution >= 0.6 is 0 Å². The fourth-order valence-corrected chi connectivity index (χ4v) is 1.12. The molecular formula is C10H15N5O2. The molecule has 0 radical (unpaired) electrons. The molecule has 1 rings (SSSR count). The van der Waals surface area contributed by atoms with Crippen molar-refractivity contribution in [3.05, 3.63) is 18.1 Å². The zero-order valence-corrected chi connectivity index (χ0v) is 9.73. The highest BCUT2D eigenvalue weighted by Gasteiger charge is 2.16. The van der Waals surface area contributed by atoms with Gasteiger partial charge in [-0.15, -0.1) is 0 Å². The van der Waals surface area contributed by atoms with E-state index < -0.39 is 11.9 Å². The maximum atomic E-state index is 11.6. The molecule has 0 saturated carbocycles. The molecule has 0 bridgehead atoms. The van der Waals surface area contributed by atoms with E-state index in [1.807, 2.05) is 0 Å². The molecule has 7 nitrogen and oxygen atoms in total. The first-order chi connectivity index (χ1) is 8.04. The summed E-state index contributed by atoms with van der Waals surface area (Å²) >= 11 is 0. The Morgan fingerprint density at radius 1 is 1.41 bits per heavy atom. The molecule has 0 spiro atoms. The summed E-state index contributed by atoms with van der Waals surface area (Å²) in [5.74, 6) is -0.473. The molecule has 92 valence electrons. The zero-order chi connectivity index (χ0) is 12.8. The van der Waals surface area contributed by atoms with E-state index in [4.69, 9.17) is 5.73 Å². The van der Waals surface area contributed by atoms with Crippen LogP contribution in [-0.2, 0) is 4.79 Å². The van der Waals surface area contributed by atoms with Crippen LogP contribution in [0.4, 0.5) is 5.82 Å². The van der Waals surface area contributed by atoms with Gasteiger partial charge in [-0.2, -0.15) is 0 Å². The number of likely N-dealkylation sites (N-methyl/N-ethyl adjacent to an activating group) is 1. The largest absolute Gasteiger partial charge is 0.382 e. The summed E-state index contributed by atoms with van der Waals surface area (Å²) in [7, 11) is 0. The van der Waals surface area contributed by atoms with Crippen LogP contribution in [0.1, 0.15) is 24.3 Å². The molecule has 17 heavy (non-hydrogen) atoms. The summed E-state index contributed by atoms with van der Waals surface area (Å²) in [6, 6.07) is -0.623. The van der Waals surface area contributed by atoms with Crippen LogP contribution in [0.15, 0.2) is 12.4 Å². The number of hydrogen-bond donors (Lipinski definition) is 3. The van der Waals surface area contributed by atoms with Crippen LogP contribution in [0.25, 0.3) is 0 Å². The number of nitrogen functional groups attached to an aromatic ring is 1. The van der Waals surface area contributed by atoms with Gasteiger partial charge in [0, 0.05) is 6.54 Å². The van der Waals surface area contributed by atoms with Crippen molar-refractivity contribution in [1.29, 1.82) is 0 Å². The second-order valence-corrected chi connectivity index (χ2v) is 3.42. The lowest BCUT2D eigenvalue weighted by molar-refractivity contribution is -0.122. The number of carbonyl (C=O) groups is 2.